The number of imidazole rings is 1. The van der Waals surface area contributed by atoms with Crippen LogP contribution in [0.5, 0.6) is 0 Å². The fraction of sp³-hybridized carbons (Fsp3) is 0.143. The second-order valence-corrected chi connectivity index (χ2v) is 8.54. The van der Waals surface area contributed by atoms with Gasteiger partial charge < -0.3 is 19.9 Å². The molecule has 36 heavy (non-hydrogen) atoms. The van der Waals surface area contributed by atoms with E-state index in [0.29, 0.717) is 25.5 Å². The van der Waals surface area contributed by atoms with E-state index in [-0.39, 0.29) is 28.6 Å². The molecule has 5 rings (SSSR count). The Morgan fingerprint density at radius 3 is 2.31 bits per heavy atom. The topological polar surface area (TPSA) is 105 Å². The maximum atomic E-state index is 13.6. The Balaban J connectivity index is 1.46. The molecule has 1 atom stereocenters. The largest absolute Gasteiger partial charge is 0.478 e. The van der Waals surface area contributed by atoms with Gasteiger partial charge in [0, 0.05) is 31.4 Å². The summed E-state index contributed by atoms with van der Waals surface area (Å²) < 4.78 is 1.91. The molecular formula is C28H24N4O4. The fourth-order valence-corrected chi connectivity index (χ4v) is 4.42. The van der Waals surface area contributed by atoms with E-state index in [1.54, 1.807) is 23.2 Å². The first kappa shape index (κ1) is 23.0. The summed E-state index contributed by atoms with van der Waals surface area (Å²) in [6, 6.07) is 24.6. The van der Waals surface area contributed by atoms with Crippen molar-refractivity contribution in [1.82, 2.24) is 19.8 Å². The third-order valence-electron chi connectivity index (χ3n) is 6.21. The predicted molar refractivity (Wildman–Crippen MR) is 133 cm³/mol. The number of rotatable bonds is 6. The molecule has 3 aromatic carbocycles. The van der Waals surface area contributed by atoms with Crippen molar-refractivity contribution in [3.63, 3.8) is 0 Å². The number of nitrogens with one attached hydrogen (secondary N) is 1. The van der Waals surface area contributed by atoms with Gasteiger partial charge in [0.15, 0.2) is 0 Å². The van der Waals surface area contributed by atoms with Crippen LogP contribution in [-0.4, -0.2) is 43.9 Å². The van der Waals surface area contributed by atoms with Gasteiger partial charge in [0.1, 0.15) is 17.6 Å². The molecule has 0 fully saturated rings. The van der Waals surface area contributed by atoms with Gasteiger partial charge in [-0.15, -0.1) is 0 Å². The summed E-state index contributed by atoms with van der Waals surface area (Å²) in [6.45, 7) is 1.22. The van der Waals surface area contributed by atoms with Gasteiger partial charge in [0.2, 0.25) is 0 Å². The van der Waals surface area contributed by atoms with Crippen LogP contribution in [0, 0.1) is 0 Å². The molecule has 1 unspecified atom stereocenters. The highest BCUT2D eigenvalue weighted by atomic mass is 16.4. The maximum absolute atomic E-state index is 13.6. The molecule has 0 aliphatic carbocycles. The van der Waals surface area contributed by atoms with E-state index in [0.717, 1.165) is 11.1 Å². The van der Waals surface area contributed by atoms with Crippen LogP contribution in [0.4, 0.5) is 0 Å². The number of carbonyl (C=O) groups excluding carboxylic acids is 2. The van der Waals surface area contributed by atoms with Crippen molar-refractivity contribution in [1.29, 1.82) is 0 Å². The Hall–Kier alpha value is -4.72. The van der Waals surface area contributed by atoms with Crippen molar-refractivity contribution in [2.75, 3.05) is 6.54 Å². The predicted octanol–water partition coefficient (Wildman–Crippen LogP) is 3.76. The maximum Gasteiger partial charge on any atom is 0.335 e. The van der Waals surface area contributed by atoms with Gasteiger partial charge in [0.25, 0.3) is 11.8 Å². The van der Waals surface area contributed by atoms with Crippen molar-refractivity contribution in [2.24, 2.45) is 0 Å². The quantitative estimate of drug-likeness (QED) is 0.437. The number of fused-ring (bicyclic) bond motifs is 1. The summed E-state index contributed by atoms with van der Waals surface area (Å²) >= 11 is 0. The Bertz CT molecular complexity index is 1420. The number of hydrogen-bond donors (Lipinski definition) is 2. The Morgan fingerprint density at radius 1 is 0.889 bits per heavy atom. The lowest BCUT2D eigenvalue weighted by Gasteiger charge is -2.36. The van der Waals surface area contributed by atoms with E-state index in [4.69, 9.17) is 0 Å². The van der Waals surface area contributed by atoms with Gasteiger partial charge in [-0.1, -0.05) is 66.7 Å². The number of nitrogens with zero attached hydrogens (tertiary/aromatic N) is 3. The molecule has 1 aliphatic rings. The highest BCUT2D eigenvalue weighted by molar-refractivity contribution is 5.98. The molecule has 2 amide bonds. The highest BCUT2D eigenvalue weighted by Crippen LogP contribution is 2.33. The first-order valence-electron chi connectivity index (χ1n) is 11.6. The van der Waals surface area contributed by atoms with Gasteiger partial charge in [-0.2, -0.15) is 0 Å². The fourth-order valence-electron chi connectivity index (χ4n) is 4.42. The molecule has 2 N–H and O–H groups in total. The third-order valence-corrected chi connectivity index (χ3v) is 6.21. The van der Waals surface area contributed by atoms with Crippen LogP contribution in [0.1, 0.15) is 54.2 Å². The van der Waals surface area contributed by atoms with E-state index < -0.39 is 12.0 Å². The molecule has 1 aliphatic heterocycles. The lowest BCUT2D eigenvalue weighted by molar-refractivity contribution is 0.0658. The van der Waals surface area contributed by atoms with Crippen LogP contribution >= 0.6 is 0 Å². The summed E-state index contributed by atoms with van der Waals surface area (Å²) in [5.74, 6) is -1.10. The zero-order valence-electron chi connectivity index (χ0n) is 19.4. The summed E-state index contributed by atoms with van der Waals surface area (Å²) in [5, 5.41) is 12.3. The molecule has 8 heteroatoms. The van der Waals surface area contributed by atoms with Crippen molar-refractivity contribution < 1.29 is 19.5 Å². The zero-order chi connectivity index (χ0) is 25.1. The normalized spacial score (nSPS) is 14.7. The molecule has 180 valence electrons. The van der Waals surface area contributed by atoms with Crippen molar-refractivity contribution >= 4 is 17.8 Å². The molecule has 0 radical (unpaired) electrons. The van der Waals surface area contributed by atoms with Crippen LogP contribution in [0.2, 0.25) is 0 Å². The summed E-state index contributed by atoms with van der Waals surface area (Å²) in [4.78, 5) is 44.3. The van der Waals surface area contributed by atoms with Crippen LogP contribution in [-0.2, 0) is 13.1 Å². The minimum Gasteiger partial charge on any atom is -0.478 e. The number of carboxylic acid groups (broad SMARTS) is 1. The third kappa shape index (κ3) is 4.61. The number of carbonyl (C=O) groups is 3. The highest BCUT2D eigenvalue weighted by Gasteiger charge is 2.35. The van der Waals surface area contributed by atoms with Crippen LogP contribution in [0.25, 0.3) is 0 Å². The molecule has 0 spiro atoms. The molecule has 0 bridgehead atoms. The van der Waals surface area contributed by atoms with Crippen molar-refractivity contribution in [3.8, 4) is 0 Å². The standard InChI is InChI=1S/C28H24N4O4/c33-26(29-17-19-8-3-1-4-9-19)23-18-31-14-15-32(24(25(31)30-23)20-10-5-2-6-11-20)27(34)21-12-7-13-22(16-21)28(35)36/h1-13,16,18,24H,14-15,17H2,(H,29,33)(H,35,36). The molecule has 2 heterocycles. The van der Waals surface area contributed by atoms with Crippen LogP contribution < -0.4 is 5.32 Å². The lowest BCUT2D eigenvalue weighted by Crippen LogP contribution is -2.42. The number of carboxylic acids is 1. The van der Waals surface area contributed by atoms with Crippen LogP contribution in [0.3, 0.4) is 0 Å². The minimum absolute atomic E-state index is 0.0491. The second-order valence-electron chi connectivity index (χ2n) is 8.54. The SMILES string of the molecule is O=C(O)c1cccc(C(=O)N2CCn3cc(C(=O)NCc4ccccc4)nc3C2c2ccccc2)c1. The summed E-state index contributed by atoms with van der Waals surface area (Å²) in [6.07, 6.45) is 1.72. The van der Waals surface area contributed by atoms with Gasteiger partial charge in [-0.05, 0) is 29.3 Å². The van der Waals surface area contributed by atoms with Crippen molar-refractivity contribution in [3.05, 3.63) is 125 Å². The zero-order valence-corrected chi connectivity index (χ0v) is 19.4. The number of benzene rings is 3. The molecule has 8 nitrogen and oxygen atoms in total. The van der Waals surface area contributed by atoms with E-state index in [2.05, 4.69) is 10.3 Å². The second kappa shape index (κ2) is 9.87. The molecule has 1 aromatic heterocycles. The molecule has 4 aromatic rings. The average molecular weight is 481 g/mol. The van der Waals surface area contributed by atoms with Gasteiger partial charge in [0.05, 0.1) is 5.56 Å². The molecule has 0 saturated carbocycles. The van der Waals surface area contributed by atoms with E-state index in [1.165, 1.54) is 12.1 Å². The number of aromatic nitrogens is 2. The smallest absolute Gasteiger partial charge is 0.335 e. The first-order valence-corrected chi connectivity index (χ1v) is 11.6. The Labute approximate surface area is 207 Å². The van der Waals surface area contributed by atoms with E-state index in [1.807, 2.05) is 65.2 Å². The van der Waals surface area contributed by atoms with Crippen molar-refractivity contribution in [2.45, 2.75) is 19.1 Å². The monoisotopic (exact) mass is 480 g/mol. The lowest BCUT2D eigenvalue weighted by atomic mass is 10.0. The van der Waals surface area contributed by atoms with Gasteiger partial charge in [-0.3, -0.25) is 9.59 Å². The van der Waals surface area contributed by atoms with Crippen LogP contribution in [0.15, 0.2) is 91.1 Å². The van der Waals surface area contributed by atoms with Gasteiger partial charge in [-0.25, -0.2) is 9.78 Å². The van der Waals surface area contributed by atoms with E-state index >= 15 is 0 Å². The minimum atomic E-state index is -1.09. The summed E-state index contributed by atoms with van der Waals surface area (Å²) in [7, 11) is 0. The number of aromatic carboxylic acids is 1. The molecular weight excluding hydrogens is 456 g/mol. The van der Waals surface area contributed by atoms with Gasteiger partial charge >= 0.3 is 5.97 Å². The Morgan fingerprint density at radius 2 is 1.58 bits per heavy atom. The summed E-state index contributed by atoms with van der Waals surface area (Å²) in [5.41, 5.74) is 2.45. The molecule has 0 saturated heterocycles. The Kier molecular flexibility index (Phi) is 6.32. The van der Waals surface area contributed by atoms with E-state index in [9.17, 15) is 19.5 Å². The number of amides is 2. The number of hydrogen-bond acceptors (Lipinski definition) is 4. The average Bonchev–Trinajstić information content (AvgIpc) is 3.36. The first-order chi connectivity index (χ1) is 17.5.